The molecule has 0 radical (unpaired) electrons. The quantitative estimate of drug-likeness (QED) is 0.887. The molecule has 1 aromatic heterocycles. The van der Waals surface area contributed by atoms with E-state index >= 15 is 0 Å². The molecule has 1 aliphatic carbocycles. The Balaban J connectivity index is 2.03. The molecule has 1 atom stereocenters. The molecule has 1 unspecified atom stereocenters. The van der Waals surface area contributed by atoms with E-state index in [1.54, 1.807) is 19.2 Å². The van der Waals surface area contributed by atoms with Crippen molar-refractivity contribution in [2.45, 2.75) is 32.2 Å². The molecule has 1 fully saturated rings. The van der Waals surface area contributed by atoms with Gasteiger partial charge in [-0.15, -0.1) is 0 Å². The van der Waals surface area contributed by atoms with Crippen molar-refractivity contribution in [3.05, 3.63) is 29.6 Å². The smallest absolute Gasteiger partial charge is 0.335 e. The minimum atomic E-state index is -0.910. The van der Waals surface area contributed by atoms with Crippen LogP contribution in [0.5, 0.6) is 0 Å². The Morgan fingerprint density at radius 2 is 2.29 bits per heavy atom. The van der Waals surface area contributed by atoms with E-state index in [1.807, 2.05) is 6.07 Å². The Hall–Kier alpha value is -1.88. The van der Waals surface area contributed by atoms with Crippen LogP contribution in [0.15, 0.2) is 18.2 Å². The van der Waals surface area contributed by atoms with E-state index in [0.717, 1.165) is 23.4 Å². The maximum atomic E-state index is 11.1. The number of hydrogen-bond acceptors (Lipinski definition) is 3. The molecule has 3 rings (SSSR count). The first-order valence-corrected chi connectivity index (χ1v) is 7.32. The molecule has 112 valence electrons. The molecule has 1 aliphatic rings. The van der Waals surface area contributed by atoms with E-state index in [4.69, 9.17) is 9.84 Å². The molecule has 21 heavy (non-hydrogen) atoms. The number of carbonyl (C=O) groups is 1. The van der Waals surface area contributed by atoms with Crippen molar-refractivity contribution in [2.75, 3.05) is 13.7 Å². The highest BCUT2D eigenvalue weighted by molar-refractivity contribution is 5.92. The molecule has 0 saturated heterocycles. The Bertz CT molecular complexity index is 673. The van der Waals surface area contributed by atoms with Gasteiger partial charge in [-0.2, -0.15) is 0 Å². The summed E-state index contributed by atoms with van der Waals surface area (Å²) in [4.78, 5) is 15.8. The number of imidazole rings is 1. The fourth-order valence-corrected chi connectivity index (χ4v) is 2.78. The zero-order valence-corrected chi connectivity index (χ0v) is 12.4. The van der Waals surface area contributed by atoms with E-state index in [2.05, 4.69) is 16.5 Å². The highest BCUT2D eigenvalue weighted by Crippen LogP contribution is 2.41. The number of nitrogens with zero attached hydrogens (tertiary/aromatic N) is 2. The maximum absolute atomic E-state index is 11.1. The second-order valence-corrected chi connectivity index (χ2v) is 5.92. The number of hydrogen-bond donors (Lipinski definition) is 1. The summed E-state index contributed by atoms with van der Waals surface area (Å²) in [5.74, 6) is 1.10. The van der Waals surface area contributed by atoms with Crippen molar-refractivity contribution in [3.8, 4) is 0 Å². The van der Waals surface area contributed by atoms with Crippen LogP contribution in [0.1, 0.15) is 41.9 Å². The summed E-state index contributed by atoms with van der Waals surface area (Å²) in [5.41, 5.74) is 2.09. The van der Waals surface area contributed by atoms with Crippen molar-refractivity contribution in [3.63, 3.8) is 0 Å². The van der Waals surface area contributed by atoms with Crippen LogP contribution in [0.2, 0.25) is 0 Å². The van der Waals surface area contributed by atoms with Crippen molar-refractivity contribution in [1.82, 2.24) is 9.55 Å². The summed E-state index contributed by atoms with van der Waals surface area (Å²) in [6.07, 6.45) is 2.35. The SMILES string of the molecule is COCC(C)Cn1c(C2CC2)nc2cc(C(=O)O)ccc21. The van der Waals surface area contributed by atoms with Crippen molar-refractivity contribution >= 4 is 17.0 Å². The molecule has 0 aliphatic heterocycles. The van der Waals surface area contributed by atoms with Gasteiger partial charge in [0, 0.05) is 19.6 Å². The molecule has 1 aromatic carbocycles. The Morgan fingerprint density at radius 1 is 1.52 bits per heavy atom. The number of aromatic nitrogens is 2. The summed E-state index contributed by atoms with van der Waals surface area (Å²) in [6.45, 7) is 3.71. The Morgan fingerprint density at radius 3 is 2.90 bits per heavy atom. The van der Waals surface area contributed by atoms with Gasteiger partial charge in [0.25, 0.3) is 0 Å². The molecule has 1 N–H and O–H groups in total. The third-order valence-electron chi connectivity index (χ3n) is 3.91. The van der Waals surface area contributed by atoms with Crippen LogP contribution in [0.25, 0.3) is 11.0 Å². The molecule has 1 saturated carbocycles. The van der Waals surface area contributed by atoms with Crippen molar-refractivity contribution in [1.29, 1.82) is 0 Å². The lowest BCUT2D eigenvalue weighted by Gasteiger charge is -2.14. The van der Waals surface area contributed by atoms with Crippen LogP contribution < -0.4 is 0 Å². The Labute approximate surface area is 123 Å². The number of ether oxygens (including phenoxy) is 1. The topological polar surface area (TPSA) is 64.4 Å². The summed E-state index contributed by atoms with van der Waals surface area (Å²) < 4.78 is 7.46. The van der Waals surface area contributed by atoms with Gasteiger partial charge in [0.05, 0.1) is 23.2 Å². The van der Waals surface area contributed by atoms with Crippen LogP contribution in [0.3, 0.4) is 0 Å². The highest BCUT2D eigenvalue weighted by Gasteiger charge is 2.30. The van der Waals surface area contributed by atoms with Gasteiger partial charge >= 0.3 is 5.97 Å². The van der Waals surface area contributed by atoms with Crippen LogP contribution in [0, 0.1) is 5.92 Å². The van der Waals surface area contributed by atoms with Crippen LogP contribution >= 0.6 is 0 Å². The molecule has 0 bridgehead atoms. The van der Waals surface area contributed by atoms with Gasteiger partial charge in [-0.1, -0.05) is 6.92 Å². The molecule has 1 heterocycles. The van der Waals surface area contributed by atoms with Crippen LogP contribution in [0.4, 0.5) is 0 Å². The normalized spacial score (nSPS) is 16.3. The number of carboxylic acids is 1. The molecule has 0 spiro atoms. The third-order valence-corrected chi connectivity index (χ3v) is 3.91. The molecular formula is C16H20N2O3. The van der Waals surface area contributed by atoms with Gasteiger partial charge in [-0.25, -0.2) is 9.78 Å². The second-order valence-electron chi connectivity index (χ2n) is 5.92. The summed E-state index contributed by atoms with van der Waals surface area (Å²) in [7, 11) is 1.71. The predicted molar refractivity (Wildman–Crippen MR) is 79.7 cm³/mol. The van der Waals surface area contributed by atoms with Crippen LogP contribution in [-0.4, -0.2) is 34.3 Å². The standard InChI is InChI=1S/C16H20N2O3/c1-10(9-21-2)8-18-14-6-5-12(16(19)20)7-13(14)17-15(18)11-3-4-11/h5-7,10-11H,3-4,8-9H2,1-2H3,(H,19,20). The van der Waals surface area contributed by atoms with Gasteiger partial charge in [-0.3, -0.25) is 0 Å². The maximum Gasteiger partial charge on any atom is 0.335 e. The van der Waals surface area contributed by atoms with Crippen molar-refractivity contribution in [2.24, 2.45) is 5.92 Å². The zero-order chi connectivity index (χ0) is 15.0. The van der Waals surface area contributed by atoms with Gasteiger partial charge in [-0.05, 0) is 37.0 Å². The molecule has 5 nitrogen and oxygen atoms in total. The lowest BCUT2D eigenvalue weighted by molar-refractivity contribution is 0.0697. The zero-order valence-electron chi connectivity index (χ0n) is 12.4. The first kappa shape index (κ1) is 14.1. The predicted octanol–water partition coefficient (Wildman–Crippen LogP) is 2.89. The minimum Gasteiger partial charge on any atom is -0.478 e. The second kappa shape index (κ2) is 5.48. The van der Waals surface area contributed by atoms with E-state index in [-0.39, 0.29) is 0 Å². The van der Waals surface area contributed by atoms with Gasteiger partial charge in [0.15, 0.2) is 0 Å². The average Bonchev–Trinajstić information content (AvgIpc) is 3.22. The largest absolute Gasteiger partial charge is 0.478 e. The van der Waals surface area contributed by atoms with E-state index in [1.165, 1.54) is 12.8 Å². The first-order valence-electron chi connectivity index (χ1n) is 7.32. The number of fused-ring (bicyclic) bond motifs is 1. The summed E-state index contributed by atoms with van der Waals surface area (Å²) >= 11 is 0. The number of rotatable bonds is 6. The fourth-order valence-electron chi connectivity index (χ4n) is 2.78. The lowest BCUT2D eigenvalue weighted by Crippen LogP contribution is -2.14. The number of carboxylic acid groups (broad SMARTS) is 1. The molecular weight excluding hydrogens is 268 g/mol. The monoisotopic (exact) mass is 288 g/mol. The number of benzene rings is 1. The molecule has 2 aromatic rings. The summed E-state index contributed by atoms with van der Waals surface area (Å²) in [6, 6.07) is 5.19. The molecule has 0 amide bonds. The summed E-state index contributed by atoms with van der Waals surface area (Å²) in [5, 5.41) is 9.11. The number of aromatic carboxylic acids is 1. The highest BCUT2D eigenvalue weighted by atomic mass is 16.5. The van der Waals surface area contributed by atoms with Crippen molar-refractivity contribution < 1.29 is 14.6 Å². The number of methoxy groups -OCH3 is 1. The molecule has 5 heteroatoms. The van der Waals surface area contributed by atoms with Crippen LogP contribution in [-0.2, 0) is 11.3 Å². The Kier molecular flexibility index (Phi) is 3.68. The van der Waals surface area contributed by atoms with E-state index in [9.17, 15) is 4.79 Å². The van der Waals surface area contributed by atoms with Gasteiger partial charge in [0.1, 0.15) is 5.82 Å². The average molecular weight is 288 g/mol. The van der Waals surface area contributed by atoms with E-state index in [0.29, 0.717) is 24.0 Å². The minimum absolute atomic E-state index is 0.291. The fraction of sp³-hybridized carbons (Fsp3) is 0.500. The van der Waals surface area contributed by atoms with Gasteiger partial charge in [0.2, 0.25) is 0 Å². The lowest BCUT2D eigenvalue weighted by atomic mass is 10.1. The van der Waals surface area contributed by atoms with Gasteiger partial charge < -0.3 is 14.4 Å². The third kappa shape index (κ3) is 2.78. The van der Waals surface area contributed by atoms with E-state index < -0.39 is 5.97 Å². The first-order chi connectivity index (χ1) is 10.1.